The molecule has 0 aromatic rings. The Morgan fingerprint density at radius 3 is 2.60 bits per heavy atom. The van der Waals surface area contributed by atoms with Gasteiger partial charge in [-0.05, 0) is 40.0 Å². The molecule has 1 amide bonds. The monoisotopic (exact) mass is 354 g/mol. The zero-order valence-corrected chi connectivity index (χ0v) is 16.0. The number of ether oxygens (including phenoxy) is 2. The lowest BCUT2D eigenvalue weighted by Crippen LogP contribution is -2.55. The van der Waals surface area contributed by atoms with Gasteiger partial charge in [-0.2, -0.15) is 0 Å². The number of nitrogens with zero attached hydrogens (tertiary/aromatic N) is 3. The second kappa shape index (κ2) is 10.6. The maximum Gasteiger partial charge on any atom is 0.251 e. The van der Waals surface area contributed by atoms with E-state index < -0.39 is 0 Å². The first-order chi connectivity index (χ1) is 12.1. The lowest BCUT2D eigenvalue weighted by Gasteiger charge is -2.37. The fourth-order valence-electron chi connectivity index (χ4n) is 3.11. The largest absolute Gasteiger partial charge is 0.379 e. The Balaban J connectivity index is 1.77. The van der Waals surface area contributed by atoms with E-state index in [0.717, 1.165) is 71.1 Å². The quantitative estimate of drug-likeness (QED) is 0.421. The molecule has 0 spiro atoms. The second-order valence-corrected chi connectivity index (χ2v) is 6.82. The highest BCUT2D eigenvalue weighted by molar-refractivity contribution is 5.82. The third-order valence-corrected chi connectivity index (χ3v) is 4.45. The SMILES string of the molecule is CCNC(=NCCCOC(C)C)N1CCN(C(=O)C2CCCO2)CC1. The minimum absolute atomic E-state index is 0.157. The Hall–Kier alpha value is -1.34. The van der Waals surface area contributed by atoms with Crippen LogP contribution in [0.25, 0.3) is 0 Å². The summed E-state index contributed by atoms with van der Waals surface area (Å²) < 4.78 is 11.1. The standard InChI is InChI=1S/C18H34N4O3/c1-4-19-18(20-8-6-14-24-15(2)3)22-11-9-21(10-12-22)17(23)16-7-5-13-25-16/h15-16H,4-14H2,1-3H3,(H,19,20). The van der Waals surface area contributed by atoms with Gasteiger partial charge in [0.25, 0.3) is 5.91 Å². The molecule has 0 bridgehead atoms. The van der Waals surface area contributed by atoms with Crippen LogP contribution >= 0.6 is 0 Å². The van der Waals surface area contributed by atoms with Gasteiger partial charge in [-0.3, -0.25) is 9.79 Å². The normalized spacial score (nSPS) is 21.9. The number of aliphatic imine (C=N–C) groups is 1. The molecule has 0 aromatic heterocycles. The van der Waals surface area contributed by atoms with E-state index >= 15 is 0 Å². The van der Waals surface area contributed by atoms with E-state index in [4.69, 9.17) is 14.5 Å². The molecule has 2 saturated heterocycles. The molecule has 0 radical (unpaired) electrons. The van der Waals surface area contributed by atoms with Crippen molar-refractivity contribution in [2.75, 3.05) is 52.5 Å². The number of hydrogen-bond acceptors (Lipinski definition) is 4. The van der Waals surface area contributed by atoms with Gasteiger partial charge in [-0.1, -0.05) is 0 Å². The summed E-state index contributed by atoms with van der Waals surface area (Å²) in [6.45, 7) is 12.3. The third-order valence-electron chi connectivity index (χ3n) is 4.45. The van der Waals surface area contributed by atoms with Gasteiger partial charge in [-0.15, -0.1) is 0 Å². The molecule has 0 aliphatic carbocycles. The average Bonchev–Trinajstić information content (AvgIpc) is 3.14. The first kappa shape index (κ1) is 20.0. The molecule has 7 heteroatoms. The summed E-state index contributed by atoms with van der Waals surface area (Å²) in [5, 5.41) is 3.36. The predicted molar refractivity (Wildman–Crippen MR) is 98.8 cm³/mol. The molecule has 144 valence electrons. The van der Waals surface area contributed by atoms with E-state index in [2.05, 4.69) is 17.1 Å². The first-order valence-electron chi connectivity index (χ1n) is 9.67. The molecule has 25 heavy (non-hydrogen) atoms. The van der Waals surface area contributed by atoms with Crippen LogP contribution in [0.2, 0.25) is 0 Å². The summed E-state index contributed by atoms with van der Waals surface area (Å²) in [6.07, 6.45) is 2.83. The lowest BCUT2D eigenvalue weighted by atomic mass is 10.2. The van der Waals surface area contributed by atoms with Gasteiger partial charge in [0.1, 0.15) is 6.10 Å². The second-order valence-electron chi connectivity index (χ2n) is 6.82. The van der Waals surface area contributed by atoms with Crippen LogP contribution in [0.5, 0.6) is 0 Å². The summed E-state index contributed by atoms with van der Waals surface area (Å²) in [4.78, 5) is 21.3. The van der Waals surface area contributed by atoms with Gasteiger partial charge < -0.3 is 24.6 Å². The molecule has 1 unspecified atom stereocenters. The van der Waals surface area contributed by atoms with Crippen molar-refractivity contribution >= 4 is 11.9 Å². The van der Waals surface area contributed by atoms with Crippen LogP contribution in [-0.2, 0) is 14.3 Å². The zero-order valence-electron chi connectivity index (χ0n) is 16.0. The van der Waals surface area contributed by atoms with E-state index in [-0.39, 0.29) is 18.1 Å². The summed E-state index contributed by atoms with van der Waals surface area (Å²) in [5.41, 5.74) is 0. The Kier molecular flexibility index (Phi) is 8.48. The Morgan fingerprint density at radius 1 is 1.28 bits per heavy atom. The van der Waals surface area contributed by atoms with Crippen molar-refractivity contribution < 1.29 is 14.3 Å². The number of rotatable bonds is 7. The Morgan fingerprint density at radius 2 is 2.00 bits per heavy atom. The van der Waals surface area contributed by atoms with Crippen LogP contribution in [0.3, 0.4) is 0 Å². The maximum absolute atomic E-state index is 12.4. The number of carbonyl (C=O) groups is 1. The molecular formula is C18H34N4O3. The maximum atomic E-state index is 12.4. The summed E-state index contributed by atoms with van der Waals surface area (Å²) in [6, 6.07) is 0. The van der Waals surface area contributed by atoms with Crippen molar-refractivity contribution in [3.05, 3.63) is 0 Å². The number of piperazine rings is 1. The summed E-state index contributed by atoms with van der Waals surface area (Å²) in [7, 11) is 0. The summed E-state index contributed by atoms with van der Waals surface area (Å²) in [5.74, 6) is 1.10. The van der Waals surface area contributed by atoms with Crippen LogP contribution in [0.1, 0.15) is 40.0 Å². The van der Waals surface area contributed by atoms with Crippen LogP contribution in [0, 0.1) is 0 Å². The number of nitrogens with one attached hydrogen (secondary N) is 1. The van der Waals surface area contributed by atoms with Crippen molar-refractivity contribution in [3.63, 3.8) is 0 Å². The van der Waals surface area contributed by atoms with Gasteiger partial charge >= 0.3 is 0 Å². The molecule has 7 nitrogen and oxygen atoms in total. The first-order valence-corrected chi connectivity index (χ1v) is 9.67. The molecule has 1 N–H and O–H groups in total. The van der Waals surface area contributed by atoms with E-state index in [1.807, 2.05) is 18.7 Å². The fraction of sp³-hybridized carbons (Fsp3) is 0.889. The van der Waals surface area contributed by atoms with E-state index in [9.17, 15) is 4.79 Å². The van der Waals surface area contributed by atoms with Gasteiger partial charge in [-0.25, -0.2) is 0 Å². The van der Waals surface area contributed by atoms with E-state index in [1.54, 1.807) is 0 Å². The van der Waals surface area contributed by atoms with Crippen LogP contribution < -0.4 is 5.32 Å². The number of hydrogen-bond donors (Lipinski definition) is 1. The van der Waals surface area contributed by atoms with Gasteiger partial charge in [0.15, 0.2) is 5.96 Å². The Labute approximate surface area is 151 Å². The Bertz CT molecular complexity index is 428. The van der Waals surface area contributed by atoms with Crippen molar-refractivity contribution in [1.29, 1.82) is 0 Å². The van der Waals surface area contributed by atoms with Crippen LogP contribution in [0.4, 0.5) is 0 Å². The molecule has 1 atom stereocenters. The molecule has 2 rings (SSSR count). The van der Waals surface area contributed by atoms with Gasteiger partial charge in [0, 0.05) is 52.5 Å². The molecule has 2 aliphatic heterocycles. The molecule has 2 heterocycles. The topological polar surface area (TPSA) is 66.4 Å². The minimum atomic E-state index is -0.214. The van der Waals surface area contributed by atoms with Crippen molar-refractivity contribution in [2.45, 2.75) is 52.2 Å². The highest BCUT2D eigenvalue weighted by atomic mass is 16.5. The van der Waals surface area contributed by atoms with E-state index in [0.29, 0.717) is 6.61 Å². The van der Waals surface area contributed by atoms with Gasteiger partial charge in [0.05, 0.1) is 6.10 Å². The average molecular weight is 354 g/mol. The molecule has 0 saturated carbocycles. The van der Waals surface area contributed by atoms with Crippen molar-refractivity contribution in [3.8, 4) is 0 Å². The van der Waals surface area contributed by atoms with Gasteiger partial charge in [0.2, 0.25) is 0 Å². The highest BCUT2D eigenvalue weighted by Gasteiger charge is 2.30. The van der Waals surface area contributed by atoms with Crippen LogP contribution in [0.15, 0.2) is 4.99 Å². The number of guanidine groups is 1. The highest BCUT2D eigenvalue weighted by Crippen LogP contribution is 2.16. The molecular weight excluding hydrogens is 320 g/mol. The number of amides is 1. The van der Waals surface area contributed by atoms with E-state index in [1.165, 1.54) is 0 Å². The summed E-state index contributed by atoms with van der Waals surface area (Å²) >= 11 is 0. The number of carbonyl (C=O) groups excluding carboxylic acids is 1. The molecule has 2 aliphatic rings. The van der Waals surface area contributed by atoms with Crippen molar-refractivity contribution in [2.24, 2.45) is 4.99 Å². The van der Waals surface area contributed by atoms with Crippen molar-refractivity contribution in [1.82, 2.24) is 15.1 Å². The lowest BCUT2D eigenvalue weighted by molar-refractivity contribution is -0.142. The fourth-order valence-corrected chi connectivity index (χ4v) is 3.11. The molecule has 2 fully saturated rings. The third kappa shape index (κ3) is 6.47. The minimum Gasteiger partial charge on any atom is -0.379 e. The predicted octanol–water partition coefficient (Wildman–Crippen LogP) is 1.09. The van der Waals surface area contributed by atoms with Crippen LogP contribution in [-0.4, -0.2) is 86.4 Å². The smallest absolute Gasteiger partial charge is 0.251 e. The molecule has 0 aromatic carbocycles. The zero-order chi connectivity index (χ0) is 18.1.